The van der Waals surface area contributed by atoms with Gasteiger partial charge in [0.2, 0.25) is 5.91 Å². The number of rotatable bonds is 5. The van der Waals surface area contributed by atoms with E-state index in [0.717, 1.165) is 22.0 Å². The third kappa shape index (κ3) is 4.80. The van der Waals surface area contributed by atoms with E-state index in [4.69, 9.17) is 11.6 Å². The molecule has 0 spiro atoms. The summed E-state index contributed by atoms with van der Waals surface area (Å²) >= 11 is 5.86. The molecule has 0 fully saturated rings. The Morgan fingerprint density at radius 3 is 2.43 bits per heavy atom. The van der Waals surface area contributed by atoms with E-state index in [1.54, 1.807) is 0 Å². The topological polar surface area (TPSA) is 41.1 Å². The Bertz CT molecular complexity index is 608. The van der Waals surface area contributed by atoms with Crippen LogP contribution in [0.2, 0.25) is 5.02 Å². The summed E-state index contributed by atoms with van der Waals surface area (Å²) in [5.74, 6) is -0.0134. The Hall–Kier alpha value is -2.00. The number of amides is 1. The molecule has 0 bridgehead atoms. The number of hydrogen-bond acceptors (Lipinski definition) is 2. The van der Waals surface area contributed by atoms with E-state index >= 15 is 0 Å². The van der Waals surface area contributed by atoms with Crippen LogP contribution in [0.4, 0.5) is 11.4 Å². The number of nitrogens with one attached hydrogen (secondary N) is 2. The van der Waals surface area contributed by atoms with Gasteiger partial charge in [0.25, 0.3) is 0 Å². The Morgan fingerprint density at radius 2 is 1.76 bits per heavy atom. The van der Waals surface area contributed by atoms with Gasteiger partial charge in [-0.3, -0.25) is 4.79 Å². The first-order chi connectivity index (χ1) is 10.0. The summed E-state index contributed by atoms with van der Waals surface area (Å²) in [6.45, 7) is 4.45. The molecule has 0 saturated carbocycles. The van der Waals surface area contributed by atoms with Gasteiger partial charge < -0.3 is 10.6 Å². The molecule has 0 aromatic heterocycles. The molecular weight excluding hydrogens is 284 g/mol. The molecule has 4 heteroatoms. The van der Waals surface area contributed by atoms with Crippen molar-refractivity contribution >= 4 is 28.9 Å². The van der Waals surface area contributed by atoms with Crippen LogP contribution in [0.3, 0.4) is 0 Å². The van der Waals surface area contributed by atoms with E-state index in [-0.39, 0.29) is 11.8 Å². The lowest BCUT2D eigenvalue weighted by Crippen LogP contribution is -2.17. The summed E-state index contributed by atoms with van der Waals surface area (Å²) in [6.07, 6.45) is 0. The lowest BCUT2D eigenvalue weighted by molar-refractivity contribution is -0.118. The number of hydrogen-bond donors (Lipinski definition) is 2. The molecule has 2 aromatic rings. The maximum absolute atomic E-state index is 11.7. The fourth-order valence-electron chi connectivity index (χ4n) is 1.80. The molecule has 2 N–H and O–H groups in total. The molecule has 0 atom stereocenters. The molecule has 1 amide bonds. The van der Waals surface area contributed by atoms with Gasteiger partial charge >= 0.3 is 0 Å². The molecule has 0 heterocycles. The zero-order chi connectivity index (χ0) is 15.2. The molecule has 0 saturated heterocycles. The van der Waals surface area contributed by atoms with Crippen molar-refractivity contribution in [2.24, 2.45) is 5.92 Å². The van der Waals surface area contributed by atoms with Crippen molar-refractivity contribution in [2.75, 3.05) is 10.6 Å². The summed E-state index contributed by atoms with van der Waals surface area (Å²) in [7, 11) is 0. The molecule has 2 rings (SSSR count). The van der Waals surface area contributed by atoms with Crippen molar-refractivity contribution in [3.05, 3.63) is 59.1 Å². The summed E-state index contributed by atoms with van der Waals surface area (Å²) in [5, 5.41) is 6.95. The van der Waals surface area contributed by atoms with E-state index in [2.05, 4.69) is 10.6 Å². The molecule has 0 aliphatic heterocycles. The first-order valence-corrected chi connectivity index (χ1v) is 7.31. The summed E-state index contributed by atoms with van der Waals surface area (Å²) in [4.78, 5) is 11.7. The summed E-state index contributed by atoms with van der Waals surface area (Å²) in [6, 6.07) is 15.4. The Kier molecular flexibility index (Phi) is 5.23. The van der Waals surface area contributed by atoms with Gasteiger partial charge in [0.15, 0.2) is 0 Å². The molecular formula is C17H19ClN2O. The normalized spacial score (nSPS) is 10.5. The molecule has 0 aliphatic carbocycles. The fourth-order valence-corrected chi connectivity index (χ4v) is 1.93. The van der Waals surface area contributed by atoms with Crippen LogP contribution in [0.25, 0.3) is 0 Å². The van der Waals surface area contributed by atoms with Gasteiger partial charge in [0.1, 0.15) is 0 Å². The smallest absolute Gasteiger partial charge is 0.226 e. The summed E-state index contributed by atoms with van der Waals surface area (Å²) < 4.78 is 0. The monoisotopic (exact) mass is 302 g/mol. The van der Waals surface area contributed by atoms with Crippen LogP contribution in [0, 0.1) is 5.92 Å². The lowest BCUT2D eigenvalue weighted by Gasteiger charge is -2.11. The quantitative estimate of drug-likeness (QED) is 0.851. The highest BCUT2D eigenvalue weighted by atomic mass is 35.5. The van der Waals surface area contributed by atoms with E-state index in [9.17, 15) is 4.79 Å². The zero-order valence-corrected chi connectivity index (χ0v) is 12.9. The minimum Gasteiger partial charge on any atom is -0.381 e. The molecule has 2 aromatic carbocycles. The zero-order valence-electron chi connectivity index (χ0n) is 12.2. The highest BCUT2D eigenvalue weighted by Gasteiger charge is 2.07. The van der Waals surface area contributed by atoms with Gasteiger partial charge in [-0.05, 0) is 35.9 Å². The SMILES string of the molecule is CC(C)C(=O)Nc1cccc(NCc2ccc(Cl)cc2)c1. The number of carbonyl (C=O) groups excluding carboxylic acids is 1. The standard InChI is InChI=1S/C17H19ClN2O/c1-12(2)17(21)20-16-5-3-4-15(10-16)19-11-13-6-8-14(18)9-7-13/h3-10,12,19H,11H2,1-2H3,(H,20,21). The first-order valence-electron chi connectivity index (χ1n) is 6.94. The largest absolute Gasteiger partial charge is 0.381 e. The predicted octanol–water partition coefficient (Wildman–Crippen LogP) is 4.55. The van der Waals surface area contributed by atoms with Crippen molar-refractivity contribution in [3.8, 4) is 0 Å². The highest BCUT2D eigenvalue weighted by Crippen LogP contribution is 2.17. The van der Waals surface area contributed by atoms with Crippen LogP contribution in [-0.2, 0) is 11.3 Å². The van der Waals surface area contributed by atoms with Crippen molar-refractivity contribution in [2.45, 2.75) is 20.4 Å². The fraction of sp³-hybridized carbons (Fsp3) is 0.235. The number of carbonyl (C=O) groups is 1. The van der Waals surface area contributed by atoms with Crippen LogP contribution in [-0.4, -0.2) is 5.91 Å². The third-order valence-corrected chi connectivity index (χ3v) is 3.32. The average Bonchev–Trinajstić information content (AvgIpc) is 2.47. The van der Waals surface area contributed by atoms with E-state index in [0.29, 0.717) is 6.54 Å². The molecule has 110 valence electrons. The highest BCUT2D eigenvalue weighted by molar-refractivity contribution is 6.30. The van der Waals surface area contributed by atoms with Gasteiger partial charge in [-0.15, -0.1) is 0 Å². The van der Waals surface area contributed by atoms with Gasteiger partial charge in [-0.25, -0.2) is 0 Å². The third-order valence-electron chi connectivity index (χ3n) is 3.06. The van der Waals surface area contributed by atoms with Crippen LogP contribution < -0.4 is 10.6 Å². The van der Waals surface area contributed by atoms with Crippen molar-refractivity contribution < 1.29 is 4.79 Å². The van der Waals surface area contributed by atoms with Crippen molar-refractivity contribution in [1.29, 1.82) is 0 Å². The Labute approximate surface area is 130 Å². The van der Waals surface area contributed by atoms with Crippen LogP contribution >= 0.6 is 11.6 Å². The lowest BCUT2D eigenvalue weighted by atomic mass is 10.2. The summed E-state index contributed by atoms with van der Waals surface area (Å²) in [5.41, 5.74) is 2.91. The van der Waals surface area contributed by atoms with Crippen LogP contribution in [0.15, 0.2) is 48.5 Å². The van der Waals surface area contributed by atoms with Crippen molar-refractivity contribution in [1.82, 2.24) is 0 Å². The minimum absolute atomic E-state index is 0.0184. The molecule has 3 nitrogen and oxygen atoms in total. The van der Waals surface area contributed by atoms with Crippen molar-refractivity contribution in [3.63, 3.8) is 0 Å². The van der Waals surface area contributed by atoms with Gasteiger partial charge in [0.05, 0.1) is 0 Å². The second kappa shape index (κ2) is 7.14. The van der Waals surface area contributed by atoms with Crippen LogP contribution in [0.1, 0.15) is 19.4 Å². The first kappa shape index (κ1) is 15.4. The van der Waals surface area contributed by atoms with E-state index in [1.165, 1.54) is 0 Å². The van der Waals surface area contributed by atoms with E-state index in [1.807, 2.05) is 62.4 Å². The second-order valence-electron chi connectivity index (χ2n) is 5.20. The number of benzene rings is 2. The van der Waals surface area contributed by atoms with Gasteiger partial charge in [-0.2, -0.15) is 0 Å². The number of anilines is 2. The Morgan fingerprint density at radius 1 is 1.10 bits per heavy atom. The predicted molar refractivity (Wildman–Crippen MR) is 88.7 cm³/mol. The Balaban J connectivity index is 1.97. The second-order valence-corrected chi connectivity index (χ2v) is 5.64. The van der Waals surface area contributed by atoms with Crippen LogP contribution in [0.5, 0.6) is 0 Å². The molecule has 21 heavy (non-hydrogen) atoms. The van der Waals surface area contributed by atoms with Gasteiger partial charge in [0, 0.05) is 28.9 Å². The average molecular weight is 303 g/mol. The molecule has 0 unspecified atom stereocenters. The maximum Gasteiger partial charge on any atom is 0.226 e. The maximum atomic E-state index is 11.7. The molecule has 0 aliphatic rings. The van der Waals surface area contributed by atoms with E-state index < -0.39 is 0 Å². The number of halogens is 1. The minimum atomic E-state index is -0.0318. The van der Waals surface area contributed by atoms with Gasteiger partial charge in [-0.1, -0.05) is 43.6 Å². The molecule has 0 radical (unpaired) electrons.